The summed E-state index contributed by atoms with van der Waals surface area (Å²) >= 11 is 0. The number of hydrogen-bond donors (Lipinski definition) is 1. The van der Waals surface area contributed by atoms with Gasteiger partial charge in [0.25, 0.3) is 0 Å². The number of Topliss-reactive ketones (excluding diaryl/α,β-unsaturated/α-hetero) is 1. The van der Waals surface area contributed by atoms with Crippen LogP contribution in [0, 0.1) is 6.92 Å². The monoisotopic (exact) mass is 401 g/mol. The molecule has 7 heteroatoms. The zero-order valence-corrected chi connectivity index (χ0v) is 17.3. The minimum Gasteiger partial charge on any atom is -0.493 e. The van der Waals surface area contributed by atoms with Crippen molar-refractivity contribution in [2.24, 2.45) is 0 Å². The first kappa shape index (κ1) is 20.9. The van der Waals surface area contributed by atoms with E-state index < -0.39 is 5.97 Å². The Bertz CT molecular complexity index is 901. The molecular weight excluding hydrogens is 374 g/mol. The van der Waals surface area contributed by atoms with Crippen LogP contribution in [-0.4, -0.2) is 50.8 Å². The number of hydrogen-bond acceptors (Lipinski definition) is 6. The molecule has 0 saturated heterocycles. The van der Waals surface area contributed by atoms with E-state index in [2.05, 4.69) is 4.98 Å². The van der Waals surface area contributed by atoms with E-state index >= 15 is 0 Å². The molecule has 29 heavy (non-hydrogen) atoms. The van der Waals surface area contributed by atoms with Crippen LogP contribution in [0.3, 0.4) is 0 Å². The molecule has 1 atom stereocenters. The molecule has 1 aromatic carbocycles. The van der Waals surface area contributed by atoms with Crippen molar-refractivity contribution < 1.29 is 28.5 Å². The van der Waals surface area contributed by atoms with Crippen molar-refractivity contribution in [3.63, 3.8) is 0 Å². The third-order valence-electron chi connectivity index (χ3n) is 5.24. The second-order valence-electron chi connectivity index (χ2n) is 6.95. The number of fused-ring (bicyclic) bond motifs is 1. The van der Waals surface area contributed by atoms with E-state index in [1.165, 1.54) is 0 Å². The highest BCUT2D eigenvalue weighted by molar-refractivity contribution is 6.03. The van der Waals surface area contributed by atoms with Gasteiger partial charge < -0.3 is 23.9 Å². The summed E-state index contributed by atoms with van der Waals surface area (Å²) in [6.07, 6.45) is 1.00. The number of carbonyl (C=O) groups excluding carboxylic acids is 2. The minimum absolute atomic E-state index is 0.00493. The van der Waals surface area contributed by atoms with Crippen molar-refractivity contribution >= 4 is 11.8 Å². The number of H-pyrrole nitrogens is 1. The van der Waals surface area contributed by atoms with Crippen molar-refractivity contribution in [2.45, 2.75) is 32.6 Å². The highest BCUT2D eigenvalue weighted by atomic mass is 16.6. The number of carbonyl (C=O) groups is 2. The van der Waals surface area contributed by atoms with Crippen LogP contribution in [0.1, 0.15) is 56.9 Å². The second-order valence-corrected chi connectivity index (χ2v) is 6.95. The van der Waals surface area contributed by atoms with Crippen molar-refractivity contribution in [1.29, 1.82) is 0 Å². The Morgan fingerprint density at radius 1 is 1.14 bits per heavy atom. The summed E-state index contributed by atoms with van der Waals surface area (Å²) in [6.45, 7) is 4.76. The van der Waals surface area contributed by atoms with Crippen molar-refractivity contribution in [2.75, 3.05) is 34.0 Å². The zero-order chi connectivity index (χ0) is 21.0. The van der Waals surface area contributed by atoms with Gasteiger partial charge in [-0.05, 0) is 49.4 Å². The van der Waals surface area contributed by atoms with E-state index in [4.69, 9.17) is 18.9 Å². The van der Waals surface area contributed by atoms with Gasteiger partial charge in [-0.3, -0.25) is 4.79 Å². The van der Waals surface area contributed by atoms with Crippen LogP contribution >= 0.6 is 0 Å². The average Bonchev–Trinajstić information content (AvgIpc) is 3.07. The minimum atomic E-state index is -0.466. The topological polar surface area (TPSA) is 86.9 Å². The molecule has 1 aromatic heterocycles. The Balaban J connectivity index is 1.81. The lowest BCUT2D eigenvalue weighted by Crippen LogP contribution is -2.18. The van der Waals surface area contributed by atoms with Gasteiger partial charge in [-0.15, -0.1) is 0 Å². The standard InChI is InChI=1S/C22H27NO6/c1-5-28-8-9-29-22(25)21-13(2)20-16(23-21)10-15(11-17(20)24)14-6-7-18(26-3)19(12-14)27-4/h6-7,12,15,23H,5,8-11H2,1-4H3/t15-/m0/s1. The Morgan fingerprint density at radius 3 is 2.59 bits per heavy atom. The molecule has 0 saturated carbocycles. The molecule has 1 aliphatic rings. The van der Waals surface area contributed by atoms with Crippen LogP contribution in [0.25, 0.3) is 0 Å². The SMILES string of the molecule is CCOCCOC(=O)c1[nH]c2c(c1C)C(=O)C[C@@H](c1ccc(OC)c(OC)c1)C2. The number of aromatic nitrogens is 1. The highest BCUT2D eigenvalue weighted by Crippen LogP contribution is 2.38. The molecule has 0 spiro atoms. The molecule has 0 radical (unpaired) electrons. The number of aromatic amines is 1. The smallest absolute Gasteiger partial charge is 0.355 e. The lowest BCUT2D eigenvalue weighted by Gasteiger charge is -2.23. The average molecular weight is 401 g/mol. The Morgan fingerprint density at radius 2 is 1.90 bits per heavy atom. The van der Waals surface area contributed by atoms with Gasteiger partial charge in [-0.1, -0.05) is 6.07 Å². The van der Waals surface area contributed by atoms with Crippen molar-refractivity contribution in [3.8, 4) is 11.5 Å². The third-order valence-corrected chi connectivity index (χ3v) is 5.24. The maximum Gasteiger partial charge on any atom is 0.355 e. The zero-order valence-electron chi connectivity index (χ0n) is 17.3. The first-order valence-electron chi connectivity index (χ1n) is 9.71. The molecule has 156 valence electrons. The van der Waals surface area contributed by atoms with Crippen molar-refractivity contribution in [3.05, 3.63) is 46.3 Å². The number of nitrogens with one attached hydrogen (secondary N) is 1. The van der Waals surface area contributed by atoms with Crippen LogP contribution in [0.4, 0.5) is 0 Å². The highest BCUT2D eigenvalue weighted by Gasteiger charge is 2.32. The number of esters is 1. The Labute approximate surface area is 170 Å². The summed E-state index contributed by atoms with van der Waals surface area (Å²) in [6, 6.07) is 5.69. The normalized spacial score (nSPS) is 15.7. The summed E-state index contributed by atoms with van der Waals surface area (Å²) < 4.78 is 21.1. The molecule has 1 aliphatic carbocycles. The Hall–Kier alpha value is -2.80. The van der Waals surface area contributed by atoms with Gasteiger partial charge in [0.2, 0.25) is 0 Å². The summed E-state index contributed by atoms with van der Waals surface area (Å²) in [5.41, 5.74) is 3.37. The fraction of sp³-hybridized carbons (Fsp3) is 0.455. The molecular formula is C22H27NO6. The largest absolute Gasteiger partial charge is 0.493 e. The van der Waals surface area contributed by atoms with Gasteiger partial charge in [0.1, 0.15) is 12.3 Å². The summed E-state index contributed by atoms with van der Waals surface area (Å²) in [4.78, 5) is 28.4. The van der Waals surface area contributed by atoms with Gasteiger partial charge in [0.15, 0.2) is 17.3 Å². The first-order valence-corrected chi connectivity index (χ1v) is 9.71. The summed E-state index contributed by atoms with van der Waals surface area (Å²) in [5, 5.41) is 0. The van der Waals surface area contributed by atoms with E-state index in [1.54, 1.807) is 21.1 Å². The first-order chi connectivity index (χ1) is 14.0. The molecule has 0 unspecified atom stereocenters. The quantitative estimate of drug-likeness (QED) is 0.539. The van der Waals surface area contributed by atoms with E-state index in [9.17, 15) is 9.59 Å². The van der Waals surface area contributed by atoms with Crippen LogP contribution in [-0.2, 0) is 15.9 Å². The predicted octanol–water partition coefficient (Wildman–Crippen LogP) is 3.45. The maximum absolute atomic E-state index is 12.9. The molecule has 2 aromatic rings. The van der Waals surface area contributed by atoms with Gasteiger partial charge in [-0.2, -0.15) is 0 Å². The number of rotatable bonds is 8. The second kappa shape index (κ2) is 9.13. The molecule has 3 rings (SSSR count). The maximum atomic E-state index is 12.9. The molecule has 0 bridgehead atoms. The van der Waals surface area contributed by atoms with E-state index in [-0.39, 0.29) is 18.3 Å². The molecule has 1 N–H and O–H groups in total. The van der Waals surface area contributed by atoms with Gasteiger partial charge >= 0.3 is 5.97 Å². The van der Waals surface area contributed by atoms with Gasteiger partial charge in [0, 0.05) is 24.3 Å². The van der Waals surface area contributed by atoms with Gasteiger partial charge in [-0.25, -0.2) is 4.79 Å². The number of ether oxygens (including phenoxy) is 4. The fourth-order valence-electron chi connectivity index (χ4n) is 3.79. The molecule has 0 fully saturated rings. The van der Waals surface area contributed by atoms with E-state index in [0.717, 1.165) is 11.3 Å². The van der Waals surface area contributed by atoms with Crippen molar-refractivity contribution in [1.82, 2.24) is 4.98 Å². The van der Waals surface area contributed by atoms with E-state index in [1.807, 2.05) is 25.1 Å². The number of methoxy groups -OCH3 is 2. The van der Waals surface area contributed by atoms with Crippen LogP contribution in [0.5, 0.6) is 11.5 Å². The van der Waals surface area contributed by atoms with Crippen LogP contribution in [0.15, 0.2) is 18.2 Å². The molecule has 0 aliphatic heterocycles. The molecule has 1 heterocycles. The summed E-state index contributed by atoms with van der Waals surface area (Å²) in [7, 11) is 3.17. The van der Waals surface area contributed by atoms with Crippen LogP contribution in [0.2, 0.25) is 0 Å². The summed E-state index contributed by atoms with van der Waals surface area (Å²) in [5.74, 6) is 0.825. The fourth-order valence-corrected chi connectivity index (χ4v) is 3.79. The Kier molecular flexibility index (Phi) is 6.59. The van der Waals surface area contributed by atoms with E-state index in [0.29, 0.717) is 54.4 Å². The predicted molar refractivity (Wildman–Crippen MR) is 107 cm³/mol. The number of ketones is 1. The van der Waals surface area contributed by atoms with Crippen LogP contribution < -0.4 is 9.47 Å². The molecule has 7 nitrogen and oxygen atoms in total. The molecule has 0 amide bonds. The lowest BCUT2D eigenvalue weighted by molar-refractivity contribution is 0.0329. The third kappa shape index (κ3) is 4.29. The lowest BCUT2D eigenvalue weighted by atomic mass is 9.81. The number of benzene rings is 1. The van der Waals surface area contributed by atoms with Gasteiger partial charge in [0.05, 0.1) is 20.8 Å².